The Hall–Kier alpha value is -3.56. The van der Waals surface area contributed by atoms with Gasteiger partial charge in [0, 0.05) is 50.9 Å². The number of nitrogens with one attached hydrogen (secondary N) is 1. The van der Waals surface area contributed by atoms with Crippen LogP contribution in [0.15, 0.2) is 54.1 Å². The fourth-order valence-electron chi connectivity index (χ4n) is 3.80. The number of aromatic nitrogens is 1. The van der Waals surface area contributed by atoms with E-state index in [2.05, 4.69) is 60.5 Å². The zero-order chi connectivity index (χ0) is 23.1. The smallest absolute Gasteiger partial charge is 0.262 e. The first-order valence-corrected chi connectivity index (χ1v) is 10.9. The van der Waals surface area contributed by atoms with E-state index in [1.807, 2.05) is 29.8 Å². The van der Waals surface area contributed by atoms with Gasteiger partial charge in [0.1, 0.15) is 11.6 Å². The summed E-state index contributed by atoms with van der Waals surface area (Å²) >= 11 is 0. The third-order valence-corrected chi connectivity index (χ3v) is 5.66. The van der Waals surface area contributed by atoms with Crippen LogP contribution in [0, 0.1) is 11.3 Å². The second-order valence-electron chi connectivity index (χ2n) is 7.54. The number of amides is 1. The SMILES string of the molecule is CCN(CC)c1ccc2cc(-c3ccc(/C=C(\C#N)C(=O)NCCOC)n3C)ccc2c1. The van der Waals surface area contributed by atoms with Crippen LogP contribution in [0.1, 0.15) is 19.5 Å². The molecule has 0 atom stereocenters. The van der Waals surface area contributed by atoms with Crippen LogP contribution < -0.4 is 10.2 Å². The molecule has 0 radical (unpaired) electrons. The molecule has 2 aromatic carbocycles. The Labute approximate surface area is 189 Å². The van der Waals surface area contributed by atoms with Gasteiger partial charge in [-0.1, -0.05) is 18.2 Å². The number of nitrogens with zero attached hydrogens (tertiary/aromatic N) is 3. The van der Waals surface area contributed by atoms with Gasteiger partial charge in [0.2, 0.25) is 0 Å². The van der Waals surface area contributed by atoms with Gasteiger partial charge in [-0.25, -0.2) is 0 Å². The molecule has 3 aromatic rings. The van der Waals surface area contributed by atoms with Gasteiger partial charge in [0.15, 0.2) is 0 Å². The molecule has 0 bridgehead atoms. The topological polar surface area (TPSA) is 70.3 Å². The normalized spacial score (nSPS) is 11.4. The summed E-state index contributed by atoms with van der Waals surface area (Å²) in [6, 6.07) is 18.9. The number of carbonyl (C=O) groups is 1. The molecule has 166 valence electrons. The first kappa shape index (κ1) is 23.1. The number of methoxy groups -OCH3 is 1. The maximum absolute atomic E-state index is 12.2. The van der Waals surface area contributed by atoms with Crippen LogP contribution in [-0.2, 0) is 16.6 Å². The Morgan fingerprint density at radius 3 is 2.53 bits per heavy atom. The molecule has 1 N–H and O–H groups in total. The van der Waals surface area contributed by atoms with Gasteiger partial charge < -0.3 is 19.5 Å². The summed E-state index contributed by atoms with van der Waals surface area (Å²) in [7, 11) is 3.50. The number of nitriles is 1. The van der Waals surface area contributed by atoms with Crippen molar-refractivity contribution >= 4 is 28.4 Å². The van der Waals surface area contributed by atoms with Gasteiger partial charge in [0.05, 0.1) is 6.61 Å². The van der Waals surface area contributed by atoms with Crippen LogP contribution in [0.2, 0.25) is 0 Å². The van der Waals surface area contributed by atoms with Crippen molar-refractivity contribution in [2.24, 2.45) is 7.05 Å². The van der Waals surface area contributed by atoms with E-state index in [4.69, 9.17) is 4.74 Å². The summed E-state index contributed by atoms with van der Waals surface area (Å²) in [5.41, 5.74) is 4.18. The first-order chi connectivity index (χ1) is 15.5. The highest BCUT2D eigenvalue weighted by Crippen LogP contribution is 2.29. The Morgan fingerprint density at radius 2 is 1.84 bits per heavy atom. The lowest BCUT2D eigenvalue weighted by Crippen LogP contribution is -2.27. The van der Waals surface area contributed by atoms with Crippen LogP contribution in [0.5, 0.6) is 0 Å². The van der Waals surface area contributed by atoms with Gasteiger partial charge >= 0.3 is 0 Å². The lowest BCUT2D eigenvalue weighted by molar-refractivity contribution is -0.117. The molecule has 0 fully saturated rings. The van der Waals surface area contributed by atoms with Crippen molar-refractivity contribution in [1.82, 2.24) is 9.88 Å². The monoisotopic (exact) mass is 430 g/mol. The molecule has 0 unspecified atom stereocenters. The standard InChI is InChI=1S/C26H30N4O2/c1-5-30(6-2)24-10-9-19-15-21(8-7-20(19)16-24)25-12-11-23(29(25)3)17-22(18-27)26(31)28-13-14-32-4/h7-12,15-17H,5-6,13-14H2,1-4H3,(H,28,31)/b22-17+. The van der Waals surface area contributed by atoms with E-state index in [9.17, 15) is 10.1 Å². The molecule has 6 heteroatoms. The predicted octanol–water partition coefficient (Wildman–Crippen LogP) is 4.36. The molecule has 0 aliphatic carbocycles. The highest BCUT2D eigenvalue weighted by Gasteiger charge is 2.12. The maximum Gasteiger partial charge on any atom is 0.262 e. The van der Waals surface area contributed by atoms with Gasteiger partial charge in [-0.05, 0) is 66.6 Å². The summed E-state index contributed by atoms with van der Waals surface area (Å²) < 4.78 is 6.92. The average Bonchev–Trinajstić information content (AvgIpc) is 3.17. The third kappa shape index (κ3) is 5.01. The van der Waals surface area contributed by atoms with Gasteiger partial charge in [-0.2, -0.15) is 5.26 Å². The predicted molar refractivity (Wildman–Crippen MR) is 130 cm³/mol. The lowest BCUT2D eigenvalue weighted by Gasteiger charge is -2.21. The Morgan fingerprint density at radius 1 is 1.12 bits per heavy atom. The Balaban J connectivity index is 1.88. The van der Waals surface area contributed by atoms with Crippen molar-refractivity contribution in [3.8, 4) is 17.3 Å². The zero-order valence-electron chi connectivity index (χ0n) is 19.2. The maximum atomic E-state index is 12.2. The van der Waals surface area contributed by atoms with Crippen molar-refractivity contribution in [2.45, 2.75) is 13.8 Å². The van der Waals surface area contributed by atoms with Gasteiger partial charge in [-0.15, -0.1) is 0 Å². The molecular weight excluding hydrogens is 400 g/mol. The summed E-state index contributed by atoms with van der Waals surface area (Å²) in [5.74, 6) is -0.401. The molecular formula is C26H30N4O2. The quantitative estimate of drug-likeness (QED) is 0.311. The summed E-state index contributed by atoms with van der Waals surface area (Å²) in [6.45, 7) is 7.05. The molecule has 0 saturated heterocycles. The minimum absolute atomic E-state index is 0.0660. The zero-order valence-corrected chi connectivity index (χ0v) is 19.2. The van der Waals surface area contributed by atoms with E-state index < -0.39 is 5.91 Å². The van der Waals surface area contributed by atoms with E-state index in [0.717, 1.165) is 30.0 Å². The molecule has 32 heavy (non-hydrogen) atoms. The second-order valence-corrected chi connectivity index (χ2v) is 7.54. The molecule has 1 amide bonds. The van der Waals surface area contributed by atoms with Crippen molar-refractivity contribution in [2.75, 3.05) is 38.3 Å². The van der Waals surface area contributed by atoms with Crippen molar-refractivity contribution in [3.63, 3.8) is 0 Å². The minimum Gasteiger partial charge on any atom is -0.383 e. The highest BCUT2D eigenvalue weighted by molar-refractivity contribution is 6.01. The largest absolute Gasteiger partial charge is 0.383 e. The number of benzene rings is 2. The summed E-state index contributed by atoms with van der Waals surface area (Å²) in [6.07, 6.45) is 1.61. The third-order valence-electron chi connectivity index (χ3n) is 5.66. The molecule has 0 aliphatic heterocycles. The van der Waals surface area contributed by atoms with Crippen LogP contribution in [0.3, 0.4) is 0 Å². The number of carbonyl (C=O) groups excluding carboxylic acids is 1. The Kier molecular flexibility index (Phi) is 7.69. The molecule has 0 saturated carbocycles. The van der Waals surface area contributed by atoms with Crippen molar-refractivity contribution < 1.29 is 9.53 Å². The number of anilines is 1. The van der Waals surface area contributed by atoms with E-state index in [0.29, 0.717) is 13.2 Å². The minimum atomic E-state index is -0.401. The molecule has 1 aromatic heterocycles. The number of hydrogen-bond acceptors (Lipinski definition) is 4. The Bertz CT molecular complexity index is 1170. The highest BCUT2D eigenvalue weighted by atomic mass is 16.5. The van der Waals surface area contributed by atoms with Crippen LogP contribution in [0.4, 0.5) is 5.69 Å². The van der Waals surface area contributed by atoms with Crippen LogP contribution >= 0.6 is 0 Å². The van der Waals surface area contributed by atoms with Crippen molar-refractivity contribution in [3.05, 3.63) is 59.8 Å². The summed E-state index contributed by atoms with van der Waals surface area (Å²) in [4.78, 5) is 14.6. The second kappa shape index (κ2) is 10.7. The van der Waals surface area contributed by atoms with Crippen LogP contribution in [0.25, 0.3) is 28.1 Å². The van der Waals surface area contributed by atoms with E-state index >= 15 is 0 Å². The molecule has 3 rings (SSSR count). The molecule has 1 heterocycles. The van der Waals surface area contributed by atoms with Crippen LogP contribution in [-0.4, -0.2) is 43.8 Å². The fraction of sp³-hybridized carbons (Fsp3) is 0.308. The number of rotatable bonds is 9. The van der Waals surface area contributed by atoms with Crippen molar-refractivity contribution in [1.29, 1.82) is 5.26 Å². The number of fused-ring (bicyclic) bond motifs is 1. The number of hydrogen-bond donors (Lipinski definition) is 1. The average molecular weight is 431 g/mol. The molecule has 0 spiro atoms. The molecule has 0 aliphatic rings. The lowest BCUT2D eigenvalue weighted by atomic mass is 10.0. The fourth-order valence-corrected chi connectivity index (χ4v) is 3.80. The number of ether oxygens (including phenoxy) is 1. The first-order valence-electron chi connectivity index (χ1n) is 10.9. The molecule has 6 nitrogen and oxygen atoms in total. The van der Waals surface area contributed by atoms with E-state index in [1.54, 1.807) is 13.2 Å². The van der Waals surface area contributed by atoms with Gasteiger partial charge in [0.25, 0.3) is 5.91 Å². The van der Waals surface area contributed by atoms with Gasteiger partial charge in [-0.3, -0.25) is 4.79 Å². The van der Waals surface area contributed by atoms with E-state index in [1.165, 1.54) is 16.5 Å². The van der Waals surface area contributed by atoms with E-state index in [-0.39, 0.29) is 5.57 Å². The summed E-state index contributed by atoms with van der Waals surface area (Å²) in [5, 5.41) is 14.5.